The standard InChI is InChI=1S/C14H21ClN4S/c1-4-5-6-12-18-11(13(15)19-12)7-16-10(3)14-17-9(2)8-20-14/h8,10,16H,4-7H2,1-3H3,(H,18,19). The average molecular weight is 313 g/mol. The molecule has 1 unspecified atom stereocenters. The summed E-state index contributed by atoms with van der Waals surface area (Å²) in [6.45, 7) is 6.97. The number of aromatic amines is 1. The molecule has 20 heavy (non-hydrogen) atoms. The minimum Gasteiger partial charge on any atom is -0.344 e. The molecular formula is C14H21ClN4S. The molecule has 0 amide bonds. The van der Waals surface area contributed by atoms with E-state index >= 15 is 0 Å². The second kappa shape index (κ2) is 7.20. The van der Waals surface area contributed by atoms with Gasteiger partial charge in [-0.2, -0.15) is 0 Å². The summed E-state index contributed by atoms with van der Waals surface area (Å²) in [6.07, 6.45) is 3.25. The highest BCUT2D eigenvalue weighted by atomic mass is 35.5. The van der Waals surface area contributed by atoms with E-state index < -0.39 is 0 Å². The predicted octanol–water partition coefficient (Wildman–Crippen LogP) is 4.02. The molecule has 2 N–H and O–H groups in total. The van der Waals surface area contributed by atoms with Crippen LogP contribution >= 0.6 is 22.9 Å². The number of thiazole rings is 1. The van der Waals surface area contributed by atoms with Gasteiger partial charge in [0, 0.05) is 24.0 Å². The van der Waals surface area contributed by atoms with Crippen LogP contribution in [0.15, 0.2) is 5.38 Å². The van der Waals surface area contributed by atoms with Crippen LogP contribution in [0.1, 0.15) is 55.0 Å². The number of nitrogens with zero attached hydrogens (tertiary/aromatic N) is 2. The Hall–Kier alpha value is -0.910. The molecule has 0 aliphatic rings. The van der Waals surface area contributed by atoms with Gasteiger partial charge in [0.2, 0.25) is 0 Å². The monoisotopic (exact) mass is 312 g/mol. The maximum Gasteiger partial charge on any atom is 0.151 e. The van der Waals surface area contributed by atoms with Gasteiger partial charge in [-0.05, 0) is 20.3 Å². The van der Waals surface area contributed by atoms with Crippen LogP contribution in [0.3, 0.4) is 0 Å². The van der Waals surface area contributed by atoms with Gasteiger partial charge in [0.1, 0.15) is 10.8 Å². The molecule has 6 heteroatoms. The third-order valence-electron chi connectivity index (χ3n) is 3.14. The van der Waals surface area contributed by atoms with E-state index in [9.17, 15) is 0 Å². The third-order valence-corrected chi connectivity index (χ3v) is 4.59. The van der Waals surface area contributed by atoms with Crippen LogP contribution in [-0.4, -0.2) is 15.0 Å². The number of halogens is 1. The van der Waals surface area contributed by atoms with Crippen LogP contribution in [0.2, 0.25) is 5.15 Å². The van der Waals surface area contributed by atoms with Crippen molar-refractivity contribution in [3.05, 3.63) is 32.8 Å². The van der Waals surface area contributed by atoms with Crippen LogP contribution in [0.25, 0.3) is 0 Å². The Morgan fingerprint density at radius 2 is 2.25 bits per heavy atom. The van der Waals surface area contributed by atoms with Crippen LogP contribution in [0, 0.1) is 6.92 Å². The maximum atomic E-state index is 6.16. The van der Waals surface area contributed by atoms with Crippen molar-refractivity contribution in [2.24, 2.45) is 0 Å². The SMILES string of the molecule is CCCCc1nc(Cl)c(CNC(C)c2nc(C)cs2)[nH]1. The maximum absolute atomic E-state index is 6.16. The number of H-pyrrole nitrogens is 1. The highest BCUT2D eigenvalue weighted by molar-refractivity contribution is 7.09. The average Bonchev–Trinajstić information content (AvgIpc) is 3.00. The van der Waals surface area contributed by atoms with E-state index in [1.54, 1.807) is 11.3 Å². The smallest absolute Gasteiger partial charge is 0.151 e. The number of unbranched alkanes of at least 4 members (excludes halogenated alkanes) is 1. The molecular weight excluding hydrogens is 292 g/mol. The summed E-state index contributed by atoms with van der Waals surface area (Å²) >= 11 is 7.84. The Bertz CT molecular complexity index is 549. The Labute approximate surface area is 129 Å². The minimum absolute atomic E-state index is 0.215. The molecule has 2 heterocycles. The highest BCUT2D eigenvalue weighted by Crippen LogP contribution is 2.19. The van der Waals surface area contributed by atoms with E-state index in [4.69, 9.17) is 11.6 Å². The van der Waals surface area contributed by atoms with Gasteiger partial charge in [-0.15, -0.1) is 11.3 Å². The molecule has 4 nitrogen and oxygen atoms in total. The first-order valence-electron chi connectivity index (χ1n) is 6.98. The van der Waals surface area contributed by atoms with Crippen LogP contribution < -0.4 is 5.32 Å². The summed E-state index contributed by atoms with van der Waals surface area (Å²) in [5, 5.41) is 7.18. The molecule has 0 fully saturated rings. The van der Waals surface area contributed by atoms with Crippen LogP contribution in [0.4, 0.5) is 0 Å². The molecule has 0 radical (unpaired) electrons. The predicted molar refractivity (Wildman–Crippen MR) is 84.3 cm³/mol. The summed E-state index contributed by atoms with van der Waals surface area (Å²) in [4.78, 5) is 12.2. The van der Waals surface area contributed by atoms with Gasteiger partial charge in [-0.1, -0.05) is 24.9 Å². The minimum atomic E-state index is 0.215. The molecule has 2 rings (SSSR count). The van der Waals surface area contributed by atoms with Crippen molar-refractivity contribution in [1.29, 1.82) is 0 Å². The molecule has 0 saturated heterocycles. The van der Waals surface area contributed by atoms with Crippen molar-refractivity contribution in [1.82, 2.24) is 20.3 Å². The lowest BCUT2D eigenvalue weighted by Crippen LogP contribution is -2.18. The second-order valence-electron chi connectivity index (χ2n) is 4.99. The molecule has 2 aromatic rings. The Morgan fingerprint density at radius 1 is 1.45 bits per heavy atom. The molecule has 0 aliphatic heterocycles. The Morgan fingerprint density at radius 3 is 2.90 bits per heavy atom. The van der Waals surface area contributed by atoms with E-state index in [2.05, 4.69) is 39.5 Å². The van der Waals surface area contributed by atoms with Gasteiger partial charge in [0.05, 0.1) is 11.7 Å². The molecule has 0 bridgehead atoms. The highest BCUT2D eigenvalue weighted by Gasteiger charge is 2.12. The van der Waals surface area contributed by atoms with Gasteiger partial charge in [-0.3, -0.25) is 0 Å². The molecule has 1 atom stereocenters. The quantitative estimate of drug-likeness (QED) is 0.812. The number of hydrogen-bond donors (Lipinski definition) is 2. The fourth-order valence-corrected chi connectivity index (χ4v) is 2.98. The largest absolute Gasteiger partial charge is 0.344 e. The van der Waals surface area contributed by atoms with E-state index in [0.717, 1.165) is 41.5 Å². The van der Waals surface area contributed by atoms with Crippen LogP contribution in [0.5, 0.6) is 0 Å². The van der Waals surface area contributed by atoms with E-state index in [1.807, 2.05) is 6.92 Å². The number of aromatic nitrogens is 3. The van der Waals surface area contributed by atoms with Gasteiger partial charge >= 0.3 is 0 Å². The summed E-state index contributed by atoms with van der Waals surface area (Å²) in [5.74, 6) is 0.978. The zero-order valence-electron chi connectivity index (χ0n) is 12.2. The number of rotatable bonds is 7. The second-order valence-corrected chi connectivity index (χ2v) is 6.23. The molecule has 110 valence electrons. The number of imidazole rings is 1. The lowest BCUT2D eigenvalue weighted by molar-refractivity contribution is 0.565. The lowest BCUT2D eigenvalue weighted by atomic mass is 10.2. The zero-order valence-corrected chi connectivity index (χ0v) is 13.7. The number of aryl methyl sites for hydroxylation is 2. The van der Waals surface area contributed by atoms with Crippen molar-refractivity contribution in [3.63, 3.8) is 0 Å². The van der Waals surface area contributed by atoms with Crippen molar-refractivity contribution in [2.45, 2.75) is 52.6 Å². The van der Waals surface area contributed by atoms with Crippen molar-refractivity contribution < 1.29 is 0 Å². The molecule has 0 spiro atoms. The fourth-order valence-electron chi connectivity index (χ4n) is 1.93. The lowest BCUT2D eigenvalue weighted by Gasteiger charge is -2.10. The normalized spacial score (nSPS) is 12.8. The Kier molecular flexibility index (Phi) is 5.57. The summed E-state index contributed by atoms with van der Waals surface area (Å²) < 4.78 is 0. The first kappa shape index (κ1) is 15.5. The third kappa shape index (κ3) is 4.04. The zero-order chi connectivity index (χ0) is 14.5. The summed E-state index contributed by atoms with van der Waals surface area (Å²) in [5.41, 5.74) is 2.03. The van der Waals surface area contributed by atoms with E-state index in [0.29, 0.717) is 11.7 Å². The van der Waals surface area contributed by atoms with Gasteiger partial charge in [0.15, 0.2) is 5.15 Å². The molecule has 0 saturated carbocycles. The number of hydrogen-bond acceptors (Lipinski definition) is 4. The fraction of sp³-hybridized carbons (Fsp3) is 0.571. The van der Waals surface area contributed by atoms with Gasteiger partial charge in [-0.25, -0.2) is 9.97 Å². The van der Waals surface area contributed by atoms with Gasteiger partial charge in [0.25, 0.3) is 0 Å². The Balaban J connectivity index is 1.91. The molecule has 2 aromatic heterocycles. The molecule has 0 aliphatic carbocycles. The number of nitrogens with one attached hydrogen (secondary N) is 2. The summed E-state index contributed by atoms with van der Waals surface area (Å²) in [6, 6.07) is 0.215. The van der Waals surface area contributed by atoms with Crippen molar-refractivity contribution in [2.75, 3.05) is 0 Å². The first-order valence-corrected chi connectivity index (χ1v) is 8.24. The van der Waals surface area contributed by atoms with Gasteiger partial charge < -0.3 is 10.3 Å². The first-order chi connectivity index (χ1) is 9.60. The van der Waals surface area contributed by atoms with E-state index in [-0.39, 0.29) is 6.04 Å². The van der Waals surface area contributed by atoms with E-state index in [1.165, 1.54) is 0 Å². The van der Waals surface area contributed by atoms with Crippen LogP contribution in [-0.2, 0) is 13.0 Å². The van der Waals surface area contributed by atoms with Crippen molar-refractivity contribution >= 4 is 22.9 Å². The molecule has 0 aromatic carbocycles. The topological polar surface area (TPSA) is 53.6 Å². The van der Waals surface area contributed by atoms with Crippen molar-refractivity contribution in [3.8, 4) is 0 Å². The summed E-state index contributed by atoms with van der Waals surface area (Å²) in [7, 11) is 0.